The van der Waals surface area contributed by atoms with E-state index in [1.54, 1.807) is 31.2 Å². The van der Waals surface area contributed by atoms with E-state index in [4.69, 9.17) is 16.3 Å². The zero-order chi connectivity index (χ0) is 12.1. The van der Waals surface area contributed by atoms with Gasteiger partial charge in [0.15, 0.2) is 5.78 Å². The maximum Gasteiger partial charge on any atom is 0.343 e. The summed E-state index contributed by atoms with van der Waals surface area (Å²) in [5.41, 5.74) is 0.390. The maximum absolute atomic E-state index is 11.5. The monoisotopic (exact) mass is 238 g/mol. The molecule has 0 fully saturated rings. The third-order valence-corrected chi connectivity index (χ3v) is 1.99. The van der Waals surface area contributed by atoms with Gasteiger partial charge in [0.2, 0.25) is 0 Å². The lowest BCUT2D eigenvalue weighted by molar-refractivity contribution is -0.112. The van der Waals surface area contributed by atoms with Crippen LogP contribution in [-0.4, -0.2) is 11.8 Å². The van der Waals surface area contributed by atoms with Gasteiger partial charge in [0.05, 0.1) is 5.56 Å². The Morgan fingerprint density at radius 1 is 1.19 bits per heavy atom. The quantitative estimate of drug-likeness (QED) is 0.462. The molecule has 0 bridgehead atoms. The lowest BCUT2D eigenvalue weighted by atomic mass is 10.2. The Morgan fingerprint density at radius 2 is 1.75 bits per heavy atom. The predicted octanol–water partition coefficient (Wildman–Crippen LogP) is 2.99. The van der Waals surface area contributed by atoms with Gasteiger partial charge in [-0.3, -0.25) is 4.79 Å². The number of hydrogen-bond acceptors (Lipinski definition) is 3. The summed E-state index contributed by atoms with van der Waals surface area (Å²) in [4.78, 5) is 22.3. The molecule has 84 valence electrons. The summed E-state index contributed by atoms with van der Waals surface area (Å²) >= 11 is 5.68. The van der Waals surface area contributed by atoms with Crippen LogP contribution in [0.25, 0.3) is 0 Å². The van der Waals surface area contributed by atoms with E-state index < -0.39 is 5.97 Å². The molecule has 0 saturated carbocycles. The third-order valence-electron chi connectivity index (χ3n) is 1.74. The molecule has 0 radical (unpaired) electrons. The molecule has 1 rings (SSSR count). The summed E-state index contributed by atoms with van der Waals surface area (Å²) in [5, 5.41) is 0.549. The molecular formula is C12H11ClO3. The highest BCUT2D eigenvalue weighted by Crippen LogP contribution is 2.11. The third kappa shape index (κ3) is 3.87. The van der Waals surface area contributed by atoms with E-state index in [1.807, 2.05) is 0 Å². The van der Waals surface area contributed by atoms with E-state index in [-0.39, 0.29) is 11.5 Å². The van der Waals surface area contributed by atoms with Crippen LogP contribution < -0.4 is 0 Å². The van der Waals surface area contributed by atoms with Crippen LogP contribution in [0.4, 0.5) is 0 Å². The Balaban J connectivity index is 2.73. The van der Waals surface area contributed by atoms with Crippen LogP contribution in [-0.2, 0) is 9.53 Å². The molecule has 0 amide bonds. The predicted molar refractivity (Wildman–Crippen MR) is 61.3 cm³/mol. The van der Waals surface area contributed by atoms with Crippen molar-refractivity contribution < 1.29 is 14.3 Å². The van der Waals surface area contributed by atoms with Crippen molar-refractivity contribution in [2.24, 2.45) is 0 Å². The Hall–Kier alpha value is -1.61. The second-order valence-electron chi connectivity index (χ2n) is 3.26. The van der Waals surface area contributed by atoms with Crippen LogP contribution in [0, 0.1) is 0 Å². The molecule has 0 aliphatic carbocycles. The number of carbonyl (C=O) groups is 2. The van der Waals surface area contributed by atoms with Crippen LogP contribution in [0.15, 0.2) is 36.1 Å². The van der Waals surface area contributed by atoms with Gasteiger partial charge < -0.3 is 4.74 Å². The first-order valence-corrected chi connectivity index (χ1v) is 5.03. The standard InChI is InChI=1S/C12H11ClO3/c1-8(14)7-9(2)16-12(15)10-3-5-11(13)6-4-10/h3-7H,1-2H3/b9-7+. The second kappa shape index (κ2) is 5.47. The molecule has 1 aromatic rings. The highest BCUT2D eigenvalue weighted by Gasteiger charge is 2.07. The number of rotatable bonds is 3. The molecule has 0 aliphatic rings. The fraction of sp³-hybridized carbons (Fsp3) is 0.167. The molecular weight excluding hydrogens is 228 g/mol. The summed E-state index contributed by atoms with van der Waals surface area (Å²) < 4.78 is 4.95. The zero-order valence-corrected chi connectivity index (χ0v) is 9.75. The van der Waals surface area contributed by atoms with Gasteiger partial charge in [-0.2, -0.15) is 0 Å². The van der Waals surface area contributed by atoms with Gasteiger partial charge in [-0.15, -0.1) is 0 Å². The smallest absolute Gasteiger partial charge is 0.343 e. The Bertz CT molecular complexity index is 432. The largest absolute Gasteiger partial charge is 0.428 e. The molecule has 0 saturated heterocycles. The Labute approximate surface area is 98.7 Å². The Morgan fingerprint density at radius 3 is 2.25 bits per heavy atom. The molecule has 0 heterocycles. The normalized spacial score (nSPS) is 11.1. The summed E-state index contributed by atoms with van der Waals surface area (Å²) in [6.45, 7) is 2.94. The van der Waals surface area contributed by atoms with Gasteiger partial charge >= 0.3 is 5.97 Å². The van der Waals surface area contributed by atoms with E-state index >= 15 is 0 Å². The Kier molecular flexibility index (Phi) is 4.26. The lowest BCUT2D eigenvalue weighted by Gasteiger charge is -2.03. The van der Waals surface area contributed by atoms with Gasteiger partial charge in [-0.05, 0) is 38.1 Å². The minimum Gasteiger partial charge on any atom is -0.428 e. The van der Waals surface area contributed by atoms with Crippen molar-refractivity contribution in [3.8, 4) is 0 Å². The average molecular weight is 239 g/mol. The lowest BCUT2D eigenvalue weighted by Crippen LogP contribution is -2.04. The van der Waals surface area contributed by atoms with Crippen LogP contribution in [0.2, 0.25) is 5.02 Å². The molecule has 1 aromatic carbocycles. The van der Waals surface area contributed by atoms with Crippen molar-refractivity contribution in [2.75, 3.05) is 0 Å². The van der Waals surface area contributed by atoms with Crippen molar-refractivity contribution in [2.45, 2.75) is 13.8 Å². The first kappa shape index (κ1) is 12.5. The SMILES string of the molecule is CC(=O)/C=C(\C)OC(=O)c1ccc(Cl)cc1. The van der Waals surface area contributed by atoms with E-state index in [9.17, 15) is 9.59 Å². The molecule has 4 heteroatoms. The van der Waals surface area contributed by atoms with Gasteiger partial charge in [0.25, 0.3) is 0 Å². The fourth-order valence-electron chi connectivity index (χ4n) is 1.11. The van der Waals surface area contributed by atoms with Crippen molar-refractivity contribution in [1.82, 2.24) is 0 Å². The highest BCUT2D eigenvalue weighted by atomic mass is 35.5. The van der Waals surface area contributed by atoms with Crippen molar-refractivity contribution >= 4 is 23.4 Å². The summed E-state index contributed by atoms with van der Waals surface area (Å²) in [6, 6.07) is 6.32. The van der Waals surface area contributed by atoms with Gasteiger partial charge in [0.1, 0.15) is 5.76 Å². The molecule has 0 aromatic heterocycles. The summed E-state index contributed by atoms with van der Waals surface area (Å²) in [7, 11) is 0. The number of allylic oxidation sites excluding steroid dienone is 2. The average Bonchev–Trinajstić information content (AvgIpc) is 2.16. The van der Waals surface area contributed by atoms with E-state index in [1.165, 1.54) is 13.0 Å². The molecule has 3 nitrogen and oxygen atoms in total. The minimum absolute atomic E-state index is 0.165. The van der Waals surface area contributed by atoms with Gasteiger partial charge in [-0.1, -0.05) is 11.6 Å². The molecule has 0 N–H and O–H groups in total. The van der Waals surface area contributed by atoms with E-state index in [2.05, 4.69) is 0 Å². The molecule has 0 spiro atoms. The number of hydrogen-bond donors (Lipinski definition) is 0. The molecule has 0 aliphatic heterocycles. The number of benzene rings is 1. The number of esters is 1. The van der Waals surface area contributed by atoms with Crippen LogP contribution in [0.1, 0.15) is 24.2 Å². The number of carbonyl (C=O) groups excluding carboxylic acids is 2. The van der Waals surface area contributed by atoms with E-state index in [0.29, 0.717) is 10.6 Å². The first-order chi connectivity index (χ1) is 7.49. The van der Waals surface area contributed by atoms with Crippen molar-refractivity contribution in [3.63, 3.8) is 0 Å². The molecule has 16 heavy (non-hydrogen) atoms. The van der Waals surface area contributed by atoms with E-state index in [0.717, 1.165) is 0 Å². The van der Waals surface area contributed by atoms with Gasteiger partial charge in [-0.25, -0.2) is 4.79 Å². The topological polar surface area (TPSA) is 43.4 Å². The highest BCUT2D eigenvalue weighted by molar-refractivity contribution is 6.30. The number of ketones is 1. The van der Waals surface area contributed by atoms with Crippen LogP contribution in [0.5, 0.6) is 0 Å². The summed E-state index contributed by atoms with van der Waals surface area (Å²) in [6.07, 6.45) is 1.26. The summed E-state index contributed by atoms with van der Waals surface area (Å²) in [5.74, 6) is -0.402. The second-order valence-corrected chi connectivity index (χ2v) is 3.70. The molecule has 0 atom stereocenters. The van der Waals surface area contributed by atoms with Crippen molar-refractivity contribution in [3.05, 3.63) is 46.7 Å². The van der Waals surface area contributed by atoms with Crippen LogP contribution >= 0.6 is 11.6 Å². The zero-order valence-electron chi connectivity index (χ0n) is 8.99. The number of halogens is 1. The number of ether oxygens (including phenoxy) is 1. The van der Waals surface area contributed by atoms with Crippen LogP contribution in [0.3, 0.4) is 0 Å². The maximum atomic E-state index is 11.5. The molecule has 0 unspecified atom stereocenters. The fourth-order valence-corrected chi connectivity index (χ4v) is 1.23. The first-order valence-electron chi connectivity index (χ1n) is 4.65. The van der Waals surface area contributed by atoms with Gasteiger partial charge in [0, 0.05) is 11.1 Å². The van der Waals surface area contributed by atoms with Crippen molar-refractivity contribution in [1.29, 1.82) is 0 Å². The minimum atomic E-state index is -0.508.